The van der Waals surface area contributed by atoms with E-state index in [1.165, 1.54) is 7.11 Å². The molecule has 19 heavy (non-hydrogen) atoms. The van der Waals surface area contributed by atoms with Gasteiger partial charge >= 0.3 is 5.97 Å². The zero-order chi connectivity index (χ0) is 14.0. The van der Waals surface area contributed by atoms with Gasteiger partial charge in [0.25, 0.3) is 5.70 Å². The fraction of sp³-hybridized carbons (Fsp3) is 0.133. The number of Topliss-reactive ketones (excluding diaryl/α,β-unsaturated/α-hetero) is 1. The van der Waals surface area contributed by atoms with Crippen molar-refractivity contribution in [1.29, 1.82) is 0 Å². The maximum Gasteiger partial charge on any atom is 0.336 e. The molecule has 1 aromatic carbocycles. The summed E-state index contributed by atoms with van der Waals surface area (Å²) >= 11 is 0. The molecule has 4 nitrogen and oxygen atoms in total. The van der Waals surface area contributed by atoms with Crippen LogP contribution in [0.1, 0.15) is 22.8 Å². The van der Waals surface area contributed by atoms with Crippen LogP contribution in [0.2, 0.25) is 0 Å². The second-order valence-corrected chi connectivity index (χ2v) is 3.90. The molecule has 0 saturated carbocycles. The number of nitrogens with zero attached hydrogens (tertiary/aromatic N) is 1. The lowest BCUT2D eigenvalue weighted by Gasteiger charge is -2.04. The molecule has 0 bridgehead atoms. The number of fused-ring (bicyclic) bond motifs is 1. The molecule has 0 aliphatic heterocycles. The van der Waals surface area contributed by atoms with Crippen LogP contribution in [-0.4, -0.2) is 18.9 Å². The standard InChI is InChI=1S/C15H11NO3/c1-4-9-12(13(16-2)15(18)19-3)10-7-5-6-8-11(10)14(9)17/h4-8H,1,3H3/b9-4-,13-12+. The number of hydrogen-bond acceptors (Lipinski definition) is 3. The zero-order valence-corrected chi connectivity index (χ0v) is 10.6. The molecule has 0 fully saturated rings. The third kappa shape index (κ3) is 1.85. The second kappa shape index (κ2) is 4.91. The largest absolute Gasteiger partial charge is 0.474 e. The van der Waals surface area contributed by atoms with Gasteiger partial charge in [0.05, 0.1) is 13.7 Å². The molecule has 0 N–H and O–H groups in total. The Morgan fingerprint density at radius 3 is 2.47 bits per heavy atom. The summed E-state index contributed by atoms with van der Waals surface area (Å²) in [5.41, 5.74) is 1.70. The average molecular weight is 253 g/mol. The molecule has 0 aromatic heterocycles. The van der Waals surface area contributed by atoms with E-state index in [-0.39, 0.29) is 11.5 Å². The van der Waals surface area contributed by atoms with Crippen molar-refractivity contribution in [3.05, 3.63) is 64.2 Å². The van der Waals surface area contributed by atoms with Gasteiger partial charge in [0.1, 0.15) is 0 Å². The minimum atomic E-state index is -0.728. The van der Waals surface area contributed by atoms with Gasteiger partial charge in [-0.15, -0.1) is 0 Å². The van der Waals surface area contributed by atoms with E-state index in [1.54, 1.807) is 37.3 Å². The monoisotopic (exact) mass is 253 g/mol. The summed E-state index contributed by atoms with van der Waals surface area (Å²) < 4.78 is 4.61. The van der Waals surface area contributed by atoms with Crippen molar-refractivity contribution in [3.8, 4) is 0 Å². The first-order valence-electron chi connectivity index (χ1n) is 5.66. The highest BCUT2D eigenvalue weighted by molar-refractivity contribution is 6.29. The van der Waals surface area contributed by atoms with E-state index < -0.39 is 5.97 Å². The molecule has 1 aliphatic rings. The van der Waals surface area contributed by atoms with E-state index in [2.05, 4.69) is 9.58 Å². The van der Waals surface area contributed by atoms with E-state index in [0.29, 0.717) is 22.3 Å². The van der Waals surface area contributed by atoms with Gasteiger partial charge < -0.3 is 4.74 Å². The molecule has 1 aromatic rings. The number of allylic oxidation sites excluding steroid dienone is 3. The van der Waals surface area contributed by atoms with Crippen LogP contribution >= 0.6 is 0 Å². The molecule has 4 heteroatoms. The lowest BCUT2D eigenvalue weighted by molar-refractivity contribution is -0.135. The zero-order valence-electron chi connectivity index (χ0n) is 10.6. The van der Waals surface area contributed by atoms with E-state index in [1.807, 2.05) is 0 Å². The Morgan fingerprint density at radius 2 is 1.95 bits per heavy atom. The number of rotatable bonds is 1. The van der Waals surface area contributed by atoms with E-state index in [0.717, 1.165) is 0 Å². The Kier molecular flexibility index (Phi) is 3.30. The highest BCUT2D eigenvalue weighted by Crippen LogP contribution is 2.39. The quantitative estimate of drug-likeness (QED) is 0.439. The van der Waals surface area contributed by atoms with E-state index in [9.17, 15) is 9.59 Å². The van der Waals surface area contributed by atoms with Crippen LogP contribution in [0.15, 0.2) is 41.6 Å². The Morgan fingerprint density at radius 1 is 1.32 bits per heavy atom. The Labute approximate surface area is 110 Å². The van der Waals surface area contributed by atoms with Crippen molar-refractivity contribution in [3.63, 3.8) is 0 Å². The number of carbonyl (C=O) groups is 2. The predicted octanol–water partition coefficient (Wildman–Crippen LogP) is 2.63. The summed E-state index contributed by atoms with van der Waals surface area (Å²) in [7, 11) is 1.21. The molecule has 0 atom stereocenters. The molecule has 0 spiro atoms. The van der Waals surface area contributed by atoms with Gasteiger partial charge in [0, 0.05) is 16.7 Å². The first-order valence-corrected chi connectivity index (χ1v) is 5.66. The highest BCUT2D eigenvalue weighted by atomic mass is 16.5. The van der Waals surface area contributed by atoms with Crippen molar-refractivity contribution < 1.29 is 14.3 Å². The van der Waals surface area contributed by atoms with Crippen LogP contribution in [0, 0.1) is 6.57 Å². The number of methoxy groups -OCH3 is 1. The maximum atomic E-state index is 12.2. The third-order valence-electron chi connectivity index (χ3n) is 2.97. The molecular weight excluding hydrogens is 242 g/mol. The second-order valence-electron chi connectivity index (χ2n) is 3.90. The molecule has 1 aliphatic carbocycles. The normalized spacial score (nSPS) is 17.9. The Balaban J connectivity index is 2.82. The number of benzene rings is 1. The van der Waals surface area contributed by atoms with Gasteiger partial charge in [-0.2, -0.15) is 0 Å². The fourth-order valence-corrected chi connectivity index (χ4v) is 2.13. The van der Waals surface area contributed by atoms with Gasteiger partial charge in [-0.1, -0.05) is 30.3 Å². The van der Waals surface area contributed by atoms with Gasteiger partial charge in [0.15, 0.2) is 5.78 Å². The van der Waals surface area contributed by atoms with Crippen LogP contribution in [0.3, 0.4) is 0 Å². The fourth-order valence-electron chi connectivity index (χ4n) is 2.13. The number of carbonyl (C=O) groups excluding carboxylic acids is 2. The van der Waals surface area contributed by atoms with Crippen molar-refractivity contribution in [2.24, 2.45) is 0 Å². The van der Waals surface area contributed by atoms with E-state index in [4.69, 9.17) is 6.57 Å². The van der Waals surface area contributed by atoms with E-state index >= 15 is 0 Å². The van der Waals surface area contributed by atoms with Crippen LogP contribution in [0.5, 0.6) is 0 Å². The minimum absolute atomic E-state index is 0.158. The Hall–Kier alpha value is -2.67. The Bertz CT molecular complexity index is 675. The van der Waals surface area contributed by atoms with Crippen molar-refractivity contribution in [2.75, 3.05) is 7.11 Å². The number of ketones is 1. The summed E-state index contributed by atoms with van der Waals surface area (Å²) in [6, 6.07) is 6.94. The predicted molar refractivity (Wildman–Crippen MR) is 70.1 cm³/mol. The number of hydrogen-bond donors (Lipinski definition) is 0. The summed E-state index contributed by atoms with van der Waals surface area (Å²) in [6.07, 6.45) is 1.62. The first kappa shape index (κ1) is 12.8. The van der Waals surface area contributed by atoms with Gasteiger partial charge in [-0.3, -0.25) is 9.59 Å². The summed E-state index contributed by atoms with van der Waals surface area (Å²) in [5.74, 6) is -0.896. The van der Waals surface area contributed by atoms with Crippen molar-refractivity contribution in [2.45, 2.75) is 6.92 Å². The van der Waals surface area contributed by atoms with Crippen molar-refractivity contribution in [1.82, 2.24) is 0 Å². The first-order chi connectivity index (χ1) is 9.15. The summed E-state index contributed by atoms with van der Waals surface area (Å²) in [6.45, 7) is 8.86. The summed E-state index contributed by atoms with van der Waals surface area (Å²) in [5, 5.41) is 0. The lowest BCUT2D eigenvalue weighted by atomic mass is 10.0. The van der Waals surface area contributed by atoms with Crippen molar-refractivity contribution >= 4 is 17.3 Å². The lowest BCUT2D eigenvalue weighted by Crippen LogP contribution is -2.05. The molecule has 0 amide bonds. The molecular formula is C15H11NO3. The van der Waals surface area contributed by atoms with Gasteiger partial charge in [-0.05, 0) is 12.5 Å². The average Bonchev–Trinajstić information content (AvgIpc) is 2.73. The summed E-state index contributed by atoms with van der Waals surface area (Å²) in [4.78, 5) is 27.1. The molecule has 94 valence electrons. The molecule has 0 radical (unpaired) electrons. The molecule has 0 saturated heterocycles. The number of ether oxygens (including phenoxy) is 1. The smallest absolute Gasteiger partial charge is 0.336 e. The molecule has 0 heterocycles. The van der Waals surface area contributed by atoms with Crippen LogP contribution in [0.25, 0.3) is 10.4 Å². The third-order valence-corrected chi connectivity index (χ3v) is 2.97. The number of esters is 1. The van der Waals surface area contributed by atoms with Gasteiger partial charge in [0.2, 0.25) is 0 Å². The maximum absolute atomic E-state index is 12.2. The van der Waals surface area contributed by atoms with Crippen LogP contribution < -0.4 is 0 Å². The topological polar surface area (TPSA) is 47.7 Å². The van der Waals surface area contributed by atoms with Gasteiger partial charge in [-0.25, -0.2) is 4.85 Å². The SMILES string of the molecule is [C-]#[N+]/C(C(=O)OC)=C1\C(=C\C)C(=O)c2ccccc21. The van der Waals surface area contributed by atoms with Crippen LogP contribution in [0.4, 0.5) is 0 Å². The van der Waals surface area contributed by atoms with Crippen LogP contribution in [-0.2, 0) is 9.53 Å². The highest BCUT2D eigenvalue weighted by Gasteiger charge is 2.33. The minimum Gasteiger partial charge on any atom is -0.474 e. The molecule has 2 rings (SSSR count). The molecule has 0 unspecified atom stereocenters.